The Balaban J connectivity index is 1.37. The molecule has 2 N–H and O–H groups in total. The first kappa shape index (κ1) is 17.6. The molecule has 5 aromatic rings. The van der Waals surface area contributed by atoms with Crippen LogP contribution in [0.1, 0.15) is 0 Å². The van der Waals surface area contributed by atoms with Crippen LogP contribution in [0.2, 0.25) is 0 Å². The molecule has 3 heterocycles. The van der Waals surface area contributed by atoms with Crippen LogP contribution < -0.4 is 10.1 Å². The summed E-state index contributed by atoms with van der Waals surface area (Å²) in [7, 11) is 0. The third-order valence-corrected chi connectivity index (χ3v) is 4.36. The lowest BCUT2D eigenvalue weighted by Crippen LogP contribution is -1.95. The van der Waals surface area contributed by atoms with Crippen LogP contribution in [-0.4, -0.2) is 29.7 Å². The molecule has 0 spiro atoms. The van der Waals surface area contributed by atoms with Crippen LogP contribution in [-0.2, 0) is 0 Å². The van der Waals surface area contributed by atoms with E-state index in [2.05, 4.69) is 25.4 Å². The number of rotatable bonds is 5. The van der Waals surface area contributed by atoms with E-state index in [1.54, 1.807) is 30.6 Å². The highest BCUT2D eigenvalue weighted by molar-refractivity contribution is 5.63. The first-order valence-electron chi connectivity index (χ1n) is 9.22. The van der Waals surface area contributed by atoms with E-state index >= 15 is 0 Å². The highest BCUT2D eigenvalue weighted by Crippen LogP contribution is 2.25. The average molecular weight is 396 g/mol. The van der Waals surface area contributed by atoms with Crippen LogP contribution in [0.25, 0.3) is 17.0 Å². The number of aromatic nitrogens is 5. The normalized spacial score (nSPS) is 10.8. The Hall–Kier alpha value is -4.46. The van der Waals surface area contributed by atoms with Gasteiger partial charge in [-0.1, -0.05) is 30.3 Å². The summed E-state index contributed by atoms with van der Waals surface area (Å²) in [6.45, 7) is 0. The number of ether oxygens (including phenoxy) is 1. The Kier molecular flexibility index (Phi) is 4.41. The second-order valence-electron chi connectivity index (χ2n) is 6.45. The molecule has 0 aliphatic carbocycles. The summed E-state index contributed by atoms with van der Waals surface area (Å²) < 4.78 is 7.04. The van der Waals surface area contributed by atoms with Gasteiger partial charge < -0.3 is 15.2 Å². The van der Waals surface area contributed by atoms with E-state index < -0.39 is 0 Å². The maximum absolute atomic E-state index is 10.3. The van der Waals surface area contributed by atoms with Gasteiger partial charge in [0.05, 0.1) is 5.69 Å². The molecule has 0 bridgehead atoms. The van der Waals surface area contributed by atoms with Gasteiger partial charge in [0.15, 0.2) is 0 Å². The van der Waals surface area contributed by atoms with E-state index in [9.17, 15) is 5.11 Å². The molecule has 0 aliphatic heterocycles. The highest BCUT2D eigenvalue weighted by atomic mass is 16.5. The van der Waals surface area contributed by atoms with Gasteiger partial charge >= 0.3 is 0 Å². The maximum atomic E-state index is 10.3. The minimum atomic E-state index is -0.0412. The third kappa shape index (κ3) is 3.61. The minimum Gasteiger partial charge on any atom is -0.493 e. The zero-order valence-electron chi connectivity index (χ0n) is 15.7. The second-order valence-corrected chi connectivity index (χ2v) is 6.45. The van der Waals surface area contributed by atoms with Crippen LogP contribution in [0.15, 0.2) is 85.2 Å². The third-order valence-electron chi connectivity index (χ3n) is 4.36. The lowest BCUT2D eigenvalue weighted by Gasteiger charge is -2.06. The van der Waals surface area contributed by atoms with Crippen molar-refractivity contribution in [1.82, 2.24) is 24.6 Å². The van der Waals surface area contributed by atoms with Crippen LogP contribution in [0, 0.1) is 0 Å². The number of hydrogen-bond donors (Lipinski definition) is 2. The number of fused-ring (bicyclic) bond motifs is 1. The largest absolute Gasteiger partial charge is 0.493 e. The summed E-state index contributed by atoms with van der Waals surface area (Å²) in [6.07, 6.45) is 3.35. The molecule has 146 valence electrons. The van der Waals surface area contributed by atoms with Gasteiger partial charge in [-0.3, -0.25) is 4.98 Å². The van der Waals surface area contributed by atoms with E-state index in [1.807, 2.05) is 54.6 Å². The van der Waals surface area contributed by atoms with Crippen molar-refractivity contribution in [3.8, 4) is 28.6 Å². The molecule has 2 aromatic carbocycles. The zero-order chi connectivity index (χ0) is 20.3. The lowest BCUT2D eigenvalue weighted by molar-refractivity contribution is 0.436. The van der Waals surface area contributed by atoms with E-state index in [0.717, 1.165) is 11.3 Å². The van der Waals surface area contributed by atoms with Crippen molar-refractivity contribution in [2.24, 2.45) is 0 Å². The van der Waals surface area contributed by atoms with Crippen molar-refractivity contribution < 1.29 is 9.84 Å². The Bertz CT molecular complexity index is 1290. The average Bonchev–Trinajstić information content (AvgIpc) is 3.19. The number of anilines is 2. The van der Waals surface area contributed by atoms with Gasteiger partial charge in [-0.05, 0) is 36.4 Å². The summed E-state index contributed by atoms with van der Waals surface area (Å²) in [5, 5.41) is 17.7. The second kappa shape index (κ2) is 7.51. The predicted octanol–water partition coefficient (Wildman–Crippen LogP) is 4.43. The molecular formula is C22H16N6O2. The molecule has 5 rings (SSSR count). The summed E-state index contributed by atoms with van der Waals surface area (Å²) in [4.78, 5) is 12.8. The van der Waals surface area contributed by atoms with Crippen LogP contribution in [0.3, 0.4) is 0 Å². The van der Waals surface area contributed by atoms with Gasteiger partial charge in [0, 0.05) is 29.7 Å². The molecule has 0 amide bonds. The summed E-state index contributed by atoms with van der Waals surface area (Å²) in [5.41, 5.74) is 2.28. The van der Waals surface area contributed by atoms with E-state index in [1.165, 1.54) is 4.52 Å². The van der Waals surface area contributed by atoms with E-state index in [4.69, 9.17) is 4.74 Å². The number of nitrogens with zero attached hydrogens (tertiary/aromatic N) is 5. The molecule has 0 radical (unpaired) electrons. The lowest BCUT2D eigenvalue weighted by atomic mass is 10.1. The number of hydrogen-bond acceptors (Lipinski definition) is 7. The van der Waals surface area contributed by atoms with Crippen LogP contribution in [0.5, 0.6) is 17.4 Å². The number of aromatic hydroxyl groups is 1. The SMILES string of the molecule is Oc1cc(-c2ccccc2)nc2nc(Nc3ccc(Oc4ccncc4)cc3)nn12. The Morgan fingerprint density at radius 3 is 2.33 bits per heavy atom. The fourth-order valence-electron chi connectivity index (χ4n) is 2.94. The first-order chi connectivity index (χ1) is 14.7. The molecule has 8 heteroatoms. The highest BCUT2D eigenvalue weighted by Gasteiger charge is 2.12. The molecule has 0 aliphatic rings. The Morgan fingerprint density at radius 2 is 1.57 bits per heavy atom. The number of pyridine rings is 1. The first-order valence-corrected chi connectivity index (χ1v) is 9.22. The molecule has 0 saturated heterocycles. The van der Waals surface area contributed by atoms with E-state index in [0.29, 0.717) is 28.9 Å². The van der Waals surface area contributed by atoms with Crippen LogP contribution in [0.4, 0.5) is 11.6 Å². The Morgan fingerprint density at radius 1 is 0.833 bits per heavy atom. The van der Waals surface area contributed by atoms with Gasteiger partial charge in [-0.15, -0.1) is 5.10 Å². The Labute approximate surface area is 171 Å². The topological polar surface area (TPSA) is 97.5 Å². The van der Waals surface area contributed by atoms with Crippen molar-refractivity contribution in [1.29, 1.82) is 0 Å². The molecule has 0 fully saturated rings. The molecule has 3 aromatic heterocycles. The van der Waals surface area contributed by atoms with Gasteiger partial charge in [0.2, 0.25) is 11.8 Å². The monoisotopic (exact) mass is 396 g/mol. The summed E-state index contributed by atoms with van der Waals surface area (Å²) in [5.74, 6) is 1.99. The van der Waals surface area contributed by atoms with Gasteiger partial charge in [0.25, 0.3) is 5.78 Å². The molecule has 0 atom stereocenters. The quantitative estimate of drug-likeness (QED) is 0.454. The van der Waals surface area contributed by atoms with Crippen molar-refractivity contribution in [3.63, 3.8) is 0 Å². The van der Waals surface area contributed by atoms with Crippen molar-refractivity contribution in [2.75, 3.05) is 5.32 Å². The number of benzene rings is 2. The van der Waals surface area contributed by atoms with Gasteiger partial charge in [-0.25, -0.2) is 4.98 Å². The number of nitrogens with one attached hydrogen (secondary N) is 1. The molecular weight excluding hydrogens is 380 g/mol. The summed E-state index contributed by atoms with van der Waals surface area (Å²) in [6, 6.07) is 22.1. The molecule has 30 heavy (non-hydrogen) atoms. The smallest absolute Gasteiger partial charge is 0.257 e. The van der Waals surface area contributed by atoms with Gasteiger partial charge in [-0.2, -0.15) is 9.50 Å². The maximum Gasteiger partial charge on any atom is 0.257 e. The van der Waals surface area contributed by atoms with Crippen LogP contribution >= 0.6 is 0 Å². The standard InChI is InChI=1S/C22H16N6O2/c29-20-14-19(15-4-2-1-3-5-15)25-22-26-21(27-28(20)22)24-16-6-8-17(9-7-16)30-18-10-12-23-13-11-18/h1-14,29H,(H,24,27). The fraction of sp³-hybridized carbons (Fsp3) is 0. The van der Waals surface area contributed by atoms with E-state index in [-0.39, 0.29) is 5.88 Å². The fourth-order valence-corrected chi connectivity index (χ4v) is 2.94. The minimum absolute atomic E-state index is 0.0412. The molecule has 0 unspecified atom stereocenters. The summed E-state index contributed by atoms with van der Waals surface area (Å²) >= 11 is 0. The van der Waals surface area contributed by atoms with Crippen molar-refractivity contribution >= 4 is 17.4 Å². The van der Waals surface area contributed by atoms with Crippen molar-refractivity contribution in [3.05, 3.63) is 85.2 Å². The van der Waals surface area contributed by atoms with Crippen molar-refractivity contribution in [2.45, 2.75) is 0 Å². The van der Waals surface area contributed by atoms with Gasteiger partial charge in [0.1, 0.15) is 11.5 Å². The molecule has 8 nitrogen and oxygen atoms in total. The zero-order valence-corrected chi connectivity index (χ0v) is 15.7. The predicted molar refractivity (Wildman–Crippen MR) is 112 cm³/mol. The molecule has 0 saturated carbocycles.